The fraction of sp³-hybridized carbons (Fsp3) is 0.471. The van der Waals surface area contributed by atoms with Crippen molar-refractivity contribution in [2.24, 2.45) is 0 Å². The number of anilines is 1. The second-order valence-electron chi connectivity index (χ2n) is 6.29. The minimum Gasteiger partial charge on any atom is -0.372 e. The average molecular weight is 315 g/mol. The molecule has 2 aromatic rings. The fourth-order valence-electron chi connectivity index (χ4n) is 3.10. The van der Waals surface area contributed by atoms with Crippen LogP contribution in [0.2, 0.25) is 0 Å². The molecule has 0 radical (unpaired) electrons. The Balaban J connectivity index is 2.14. The van der Waals surface area contributed by atoms with Gasteiger partial charge in [-0.05, 0) is 26.3 Å². The largest absolute Gasteiger partial charge is 0.372 e. The molecular formula is C17H21N3O3. The van der Waals surface area contributed by atoms with Crippen LogP contribution in [0.1, 0.15) is 26.0 Å². The Bertz CT molecular complexity index is 762. The Morgan fingerprint density at radius 2 is 2.26 bits per heavy atom. The van der Waals surface area contributed by atoms with Crippen molar-refractivity contribution in [1.82, 2.24) is 4.98 Å². The molecule has 0 spiro atoms. The number of para-hydroxylation sites is 1. The Morgan fingerprint density at radius 1 is 1.48 bits per heavy atom. The lowest BCUT2D eigenvalue weighted by molar-refractivity contribution is -0.383. The van der Waals surface area contributed by atoms with Crippen LogP contribution in [0.3, 0.4) is 0 Å². The second kappa shape index (κ2) is 5.77. The van der Waals surface area contributed by atoms with E-state index >= 15 is 0 Å². The minimum absolute atomic E-state index is 0.0546. The first-order valence-corrected chi connectivity index (χ1v) is 7.87. The van der Waals surface area contributed by atoms with Crippen LogP contribution in [0.25, 0.3) is 10.9 Å². The highest BCUT2D eigenvalue weighted by molar-refractivity contribution is 5.97. The van der Waals surface area contributed by atoms with Gasteiger partial charge in [0.2, 0.25) is 0 Å². The molecule has 1 aliphatic heterocycles. The first-order chi connectivity index (χ1) is 10.9. The molecule has 6 nitrogen and oxygen atoms in total. The van der Waals surface area contributed by atoms with Gasteiger partial charge in [-0.15, -0.1) is 0 Å². The van der Waals surface area contributed by atoms with Gasteiger partial charge in [0, 0.05) is 35.9 Å². The molecule has 0 aliphatic carbocycles. The third-order valence-corrected chi connectivity index (χ3v) is 4.55. The lowest BCUT2D eigenvalue weighted by Crippen LogP contribution is -2.50. The third-order valence-electron chi connectivity index (χ3n) is 4.55. The molecule has 3 rings (SSSR count). The monoisotopic (exact) mass is 315 g/mol. The van der Waals surface area contributed by atoms with Gasteiger partial charge in [-0.3, -0.25) is 10.1 Å². The Kier molecular flexibility index (Phi) is 3.93. The number of fused-ring (bicyclic) bond motifs is 1. The van der Waals surface area contributed by atoms with Gasteiger partial charge in [-0.2, -0.15) is 0 Å². The highest BCUT2D eigenvalue weighted by Gasteiger charge is 2.31. The van der Waals surface area contributed by atoms with Gasteiger partial charge in [0.05, 0.1) is 17.1 Å². The number of non-ortho nitro benzene ring substituents is 1. The standard InChI is InChI=1S/C17H21N3O3/c1-4-17(3)11-19(8-9-23-17)15-10-12(2)18-16-13(15)6-5-7-14(16)20(21)22/h5-7,10H,4,8-9,11H2,1-3H3. The van der Waals surface area contributed by atoms with Crippen LogP contribution in [-0.2, 0) is 4.74 Å². The molecule has 23 heavy (non-hydrogen) atoms. The number of ether oxygens (including phenoxy) is 1. The molecule has 6 heteroatoms. The SMILES string of the molecule is CCC1(C)CN(c2cc(C)nc3c([N+](=O)[O-])cccc23)CCO1. The molecule has 122 valence electrons. The maximum atomic E-state index is 11.3. The van der Waals surface area contributed by atoms with Crippen LogP contribution in [0, 0.1) is 17.0 Å². The van der Waals surface area contributed by atoms with Gasteiger partial charge >= 0.3 is 0 Å². The molecule has 0 bridgehead atoms. The summed E-state index contributed by atoms with van der Waals surface area (Å²) in [5, 5.41) is 12.1. The summed E-state index contributed by atoms with van der Waals surface area (Å²) < 4.78 is 5.91. The van der Waals surface area contributed by atoms with E-state index in [4.69, 9.17) is 4.74 Å². The summed E-state index contributed by atoms with van der Waals surface area (Å²) in [7, 11) is 0. The molecule has 0 amide bonds. The maximum absolute atomic E-state index is 11.3. The molecule has 1 aliphatic rings. The van der Waals surface area contributed by atoms with E-state index < -0.39 is 0 Å². The summed E-state index contributed by atoms with van der Waals surface area (Å²) >= 11 is 0. The van der Waals surface area contributed by atoms with Gasteiger partial charge in [0.25, 0.3) is 5.69 Å². The lowest BCUT2D eigenvalue weighted by atomic mass is 9.99. The van der Waals surface area contributed by atoms with E-state index in [1.165, 1.54) is 6.07 Å². The molecule has 1 aromatic carbocycles. The first-order valence-electron chi connectivity index (χ1n) is 7.87. The third kappa shape index (κ3) is 2.86. The molecule has 1 fully saturated rings. The number of hydrogen-bond donors (Lipinski definition) is 0. The van der Waals surface area contributed by atoms with Crippen molar-refractivity contribution < 1.29 is 9.66 Å². The number of pyridine rings is 1. The molecule has 2 heterocycles. The molecular weight excluding hydrogens is 294 g/mol. The van der Waals surface area contributed by atoms with E-state index in [1.807, 2.05) is 19.1 Å². The Morgan fingerprint density at radius 3 is 2.96 bits per heavy atom. The summed E-state index contributed by atoms with van der Waals surface area (Å²) in [5.74, 6) is 0. The van der Waals surface area contributed by atoms with E-state index in [0.717, 1.165) is 36.3 Å². The summed E-state index contributed by atoms with van der Waals surface area (Å²) in [6.07, 6.45) is 0.922. The molecule has 1 unspecified atom stereocenters. The fourth-order valence-corrected chi connectivity index (χ4v) is 3.10. The van der Waals surface area contributed by atoms with Crippen molar-refractivity contribution in [3.63, 3.8) is 0 Å². The van der Waals surface area contributed by atoms with Gasteiger partial charge < -0.3 is 9.64 Å². The van der Waals surface area contributed by atoms with Gasteiger partial charge in [0.1, 0.15) is 0 Å². The zero-order valence-corrected chi connectivity index (χ0v) is 13.7. The van der Waals surface area contributed by atoms with Crippen molar-refractivity contribution in [2.45, 2.75) is 32.8 Å². The van der Waals surface area contributed by atoms with Gasteiger partial charge in [-0.25, -0.2) is 4.98 Å². The van der Waals surface area contributed by atoms with Crippen LogP contribution in [0.4, 0.5) is 11.4 Å². The summed E-state index contributed by atoms with van der Waals surface area (Å²) in [6, 6.07) is 7.14. The summed E-state index contributed by atoms with van der Waals surface area (Å²) in [4.78, 5) is 17.6. The van der Waals surface area contributed by atoms with E-state index in [1.54, 1.807) is 6.07 Å². The number of nitro benzene ring substituents is 1. The number of morpholine rings is 1. The quantitative estimate of drug-likeness (QED) is 0.641. The zero-order valence-electron chi connectivity index (χ0n) is 13.7. The average Bonchev–Trinajstić information content (AvgIpc) is 2.53. The minimum atomic E-state index is -0.367. The van der Waals surface area contributed by atoms with E-state index in [0.29, 0.717) is 12.1 Å². The van der Waals surface area contributed by atoms with Gasteiger partial charge in [0.15, 0.2) is 5.52 Å². The highest BCUT2D eigenvalue weighted by atomic mass is 16.6. The number of benzene rings is 1. The lowest BCUT2D eigenvalue weighted by Gasteiger charge is -2.41. The highest BCUT2D eigenvalue weighted by Crippen LogP contribution is 2.34. The summed E-state index contributed by atoms with van der Waals surface area (Å²) in [5.41, 5.74) is 2.10. The van der Waals surface area contributed by atoms with Crippen LogP contribution in [-0.4, -0.2) is 35.2 Å². The van der Waals surface area contributed by atoms with Crippen molar-refractivity contribution >= 4 is 22.3 Å². The van der Waals surface area contributed by atoms with E-state index in [-0.39, 0.29) is 16.2 Å². The molecule has 1 aromatic heterocycles. The molecule has 1 saturated heterocycles. The van der Waals surface area contributed by atoms with E-state index in [9.17, 15) is 10.1 Å². The second-order valence-corrected chi connectivity index (χ2v) is 6.29. The predicted octanol–water partition coefficient (Wildman–Crippen LogP) is 3.46. The zero-order chi connectivity index (χ0) is 16.6. The number of aromatic nitrogens is 1. The van der Waals surface area contributed by atoms with Crippen molar-refractivity contribution in [3.8, 4) is 0 Å². The maximum Gasteiger partial charge on any atom is 0.295 e. The van der Waals surface area contributed by atoms with Gasteiger partial charge in [-0.1, -0.05) is 19.1 Å². The number of nitro groups is 1. The van der Waals surface area contributed by atoms with Crippen molar-refractivity contribution in [2.75, 3.05) is 24.6 Å². The summed E-state index contributed by atoms with van der Waals surface area (Å²) in [6.45, 7) is 8.30. The molecule has 0 saturated carbocycles. The molecule has 1 atom stereocenters. The number of rotatable bonds is 3. The normalized spacial score (nSPS) is 21.6. The van der Waals surface area contributed by atoms with Crippen LogP contribution >= 0.6 is 0 Å². The first kappa shape index (κ1) is 15.7. The Labute approximate surface area is 135 Å². The smallest absolute Gasteiger partial charge is 0.295 e. The van der Waals surface area contributed by atoms with Crippen molar-refractivity contribution in [1.29, 1.82) is 0 Å². The van der Waals surface area contributed by atoms with Crippen LogP contribution in [0.15, 0.2) is 24.3 Å². The van der Waals surface area contributed by atoms with Crippen LogP contribution < -0.4 is 4.90 Å². The predicted molar refractivity (Wildman–Crippen MR) is 90.0 cm³/mol. The molecule has 0 N–H and O–H groups in total. The van der Waals surface area contributed by atoms with Crippen LogP contribution in [0.5, 0.6) is 0 Å². The topological polar surface area (TPSA) is 68.5 Å². The van der Waals surface area contributed by atoms with Crippen molar-refractivity contribution in [3.05, 3.63) is 40.1 Å². The number of hydrogen-bond acceptors (Lipinski definition) is 5. The number of nitrogens with zero attached hydrogens (tertiary/aromatic N) is 3. The van der Waals surface area contributed by atoms with E-state index in [2.05, 4.69) is 23.7 Å². The Hall–Kier alpha value is -2.21. The number of aryl methyl sites for hydroxylation is 1.